The highest BCUT2D eigenvalue weighted by Crippen LogP contribution is 2.30. The van der Waals surface area contributed by atoms with Gasteiger partial charge in [-0.25, -0.2) is 0 Å². The third-order valence-corrected chi connectivity index (χ3v) is 5.07. The second-order valence-electron chi connectivity index (χ2n) is 7.10. The number of anilines is 1. The van der Waals surface area contributed by atoms with Crippen LogP contribution in [0.1, 0.15) is 13.3 Å². The summed E-state index contributed by atoms with van der Waals surface area (Å²) in [6.45, 7) is 2.64. The number of benzene rings is 2. The molecular weight excluding hydrogens is 434 g/mol. The van der Waals surface area contributed by atoms with E-state index >= 15 is 0 Å². The number of nitrogens with one attached hydrogen (secondary N) is 1. The first kappa shape index (κ1) is 22.6. The second-order valence-corrected chi connectivity index (χ2v) is 7.97. The van der Waals surface area contributed by atoms with Crippen LogP contribution < -0.4 is 14.8 Å². The van der Waals surface area contributed by atoms with Gasteiger partial charge in [-0.15, -0.1) is 0 Å². The predicted molar refractivity (Wildman–Crippen MR) is 114 cm³/mol. The number of aliphatic hydroxyl groups is 1. The molecule has 1 aliphatic heterocycles. The smallest absolute Gasteiger partial charge is 0.265 e. The summed E-state index contributed by atoms with van der Waals surface area (Å²) in [6, 6.07) is 11.5. The van der Waals surface area contributed by atoms with Crippen molar-refractivity contribution < 1.29 is 23.8 Å². The van der Waals surface area contributed by atoms with Crippen molar-refractivity contribution in [1.29, 1.82) is 0 Å². The number of hydrogen-bond donors (Lipinski definition) is 2. The summed E-state index contributed by atoms with van der Waals surface area (Å²) in [7, 11) is 0. The van der Waals surface area contributed by atoms with Crippen molar-refractivity contribution in [1.82, 2.24) is 4.90 Å². The maximum Gasteiger partial charge on any atom is 0.265 e. The molecule has 0 spiro atoms. The van der Waals surface area contributed by atoms with E-state index in [2.05, 4.69) is 5.32 Å². The van der Waals surface area contributed by atoms with Crippen LogP contribution in [0.4, 0.5) is 10.1 Å². The molecule has 0 aliphatic carbocycles. The Morgan fingerprint density at radius 3 is 2.67 bits per heavy atom. The monoisotopic (exact) mass is 456 g/mol. The largest absolute Gasteiger partial charge is 0.489 e. The number of carbonyl (C=O) groups is 1. The lowest BCUT2D eigenvalue weighted by atomic mass is 10.2. The number of nitrogens with zero attached hydrogens (tertiary/aromatic N) is 1. The Bertz CT molecular complexity index is 869. The third kappa shape index (κ3) is 6.47. The van der Waals surface area contributed by atoms with Gasteiger partial charge in [0.2, 0.25) is 5.91 Å². The lowest BCUT2D eigenvalue weighted by Crippen LogP contribution is -2.39. The number of carbonyl (C=O) groups excluding carboxylic acids is 1. The first-order valence-electron chi connectivity index (χ1n) is 9.50. The number of halogens is 3. The van der Waals surface area contributed by atoms with Gasteiger partial charge < -0.3 is 19.9 Å². The number of ether oxygens (including phenoxy) is 2. The molecule has 0 radical (unpaired) electrons. The molecule has 2 aromatic rings. The fourth-order valence-corrected chi connectivity index (χ4v) is 3.50. The van der Waals surface area contributed by atoms with Crippen molar-refractivity contribution >= 4 is 34.8 Å². The van der Waals surface area contributed by atoms with Gasteiger partial charge in [0.25, 0.3) is 6.36 Å². The zero-order valence-corrected chi connectivity index (χ0v) is 17.9. The van der Waals surface area contributed by atoms with E-state index in [9.17, 15) is 14.3 Å². The Balaban J connectivity index is 1.52. The standard InChI is InChI=1S/C21H23Cl2FN2O4/c1-13(27)25-18-10-15(23)4-7-20(18)30-21(24)19(28)12-26-9-8-17(11-26)29-16-5-2-14(22)3-6-16/h2-7,10,17,19,21,28H,8-9,11-12H2,1H3,(H,25,27)/t17-,19+,21?/m0/s1. The molecule has 1 heterocycles. The Hall–Kier alpha value is -2.06. The minimum Gasteiger partial charge on any atom is -0.489 e. The van der Waals surface area contributed by atoms with Gasteiger partial charge in [-0.3, -0.25) is 9.69 Å². The van der Waals surface area contributed by atoms with Crippen LogP contribution in [0.5, 0.6) is 11.5 Å². The topological polar surface area (TPSA) is 71.0 Å². The van der Waals surface area contributed by atoms with E-state index in [0.29, 0.717) is 28.9 Å². The molecular formula is C21H23Cl2FN2O4. The molecule has 2 aromatic carbocycles. The molecule has 0 bridgehead atoms. The van der Waals surface area contributed by atoms with E-state index in [1.54, 1.807) is 24.3 Å². The van der Waals surface area contributed by atoms with Crippen molar-refractivity contribution in [2.45, 2.75) is 31.9 Å². The number of likely N-dealkylation sites (tertiary alicyclic amines) is 1. The van der Waals surface area contributed by atoms with E-state index in [1.807, 2.05) is 4.90 Å². The van der Waals surface area contributed by atoms with Gasteiger partial charge in [-0.1, -0.05) is 23.2 Å². The van der Waals surface area contributed by atoms with Crippen LogP contribution >= 0.6 is 23.2 Å². The Morgan fingerprint density at radius 2 is 1.97 bits per heavy atom. The van der Waals surface area contributed by atoms with Crippen molar-refractivity contribution in [3.05, 3.63) is 52.5 Å². The Morgan fingerprint density at radius 1 is 1.27 bits per heavy atom. The summed E-state index contributed by atoms with van der Waals surface area (Å²) in [6.07, 6.45) is -2.65. The van der Waals surface area contributed by atoms with E-state index in [-0.39, 0.29) is 30.0 Å². The molecule has 1 unspecified atom stereocenters. The summed E-state index contributed by atoms with van der Waals surface area (Å²) in [4.78, 5) is 13.2. The van der Waals surface area contributed by atoms with Crippen LogP contribution in [0.2, 0.25) is 10.0 Å². The molecule has 1 saturated heterocycles. The van der Waals surface area contributed by atoms with E-state index < -0.39 is 12.5 Å². The zero-order valence-electron chi connectivity index (χ0n) is 16.4. The second kappa shape index (κ2) is 10.3. The van der Waals surface area contributed by atoms with Gasteiger partial charge in [0.1, 0.15) is 23.7 Å². The molecule has 2 N–H and O–H groups in total. The normalized spacial score (nSPS) is 18.6. The van der Waals surface area contributed by atoms with Gasteiger partial charge in [-0.05, 0) is 48.9 Å². The molecule has 3 rings (SSSR count). The number of aliphatic hydroxyl groups excluding tert-OH is 1. The Labute approximate surface area is 184 Å². The van der Waals surface area contributed by atoms with Gasteiger partial charge in [-0.2, -0.15) is 4.39 Å². The molecule has 6 nitrogen and oxygen atoms in total. The molecule has 0 aromatic heterocycles. The summed E-state index contributed by atoms with van der Waals surface area (Å²) >= 11 is 11.8. The maximum atomic E-state index is 14.5. The molecule has 1 fully saturated rings. The van der Waals surface area contributed by atoms with Gasteiger partial charge in [0, 0.05) is 36.6 Å². The SMILES string of the molecule is CC(=O)Nc1cc(Cl)ccc1OC(F)[C@H](O)CN1CC[C@H](Oc2ccc(Cl)cc2)C1. The molecule has 3 atom stereocenters. The molecule has 162 valence electrons. The minimum atomic E-state index is -1.98. The maximum absolute atomic E-state index is 14.5. The van der Waals surface area contributed by atoms with Gasteiger partial charge in [0.05, 0.1) is 5.69 Å². The minimum absolute atomic E-state index is 0.0556. The summed E-state index contributed by atoms with van der Waals surface area (Å²) in [5.74, 6) is 0.458. The van der Waals surface area contributed by atoms with Crippen LogP contribution in [-0.4, -0.2) is 54.1 Å². The van der Waals surface area contributed by atoms with Crippen LogP contribution in [0.15, 0.2) is 42.5 Å². The van der Waals surface area contributed by atoms with Crippen molar-refractivity contribution in [2.24, 2.45) is 0 Å². The molecule has 30 heavy (non-hydrogen) atoms. The number of rotatable bonds is 8. The summed E-state index contributed by atoms with van der Waals surface area (Å²) in [5.41, 5.74) is 0.238. The average molecular weight is 457 g/mol. The fraction of sp³-hybridized carbons (Fsp3) is 0.381. The molecule has 1 aliphatic rings. The van der Waals surface area contributed by atoms with Crippen molar-refractivity contribution in [3.8, 4) is 11.5 Å². The van der Waals surface area contributed by atoms with Crippen LogP contribution in [0, 0.1) is 0 Å². The highest BCUT2D eigenvalue weighted by Gasteiger charge is 2.29. The van der Waals surface area contributed by atoms with E-state index in [4.69, 9.17) is 32.7 Å². The van der Waals surface area contributed by atoms with Crippen LogP contribution in [0.3, 0.4) is 0 Å². The highest BCUT2D eigenvalue weighted by molar-refractivity contribution is 6.31. The van der Waals surface area contributed by atoms with Crippen LogP contribution in [-0.2, 0) is 4.79 Å². The summed E-state index contributed by atoms with van der Waals surface area (Å²) < 4.78 is 25.7. The summed E-state index contributed by atoms with van der Waals surface area (Å²) in [5, 5.41) is 13.8. The lowest BCUT2D eigenvalue weighted by Gasteiger charge is -2.23. The quantitative estimate of drug-likeness (QED) is 0.624. The van der Waals surface area contributed by atoms with Gasteiger partial charge >= 0.3 is 0 Å². The fourth-order valence-electron chi connectivity index (χ4n) is 3.20. The number of amides is 1. The Kier molecular flexibility index (Phi) is 7.77. The van der Waals surface area contributed by atoms with Crippen LogP contribution in [0.25, 0.3) is 0 Å². The number of hydrogen-bond acceptors (Lipinski definition) is 5. The molecule has 9 heteroatoms. The third-order valence-electron chi connectivity index (χ3n) is 4.59. The van der Waals surface area contributed by atoms with E-state index in [0.717, 1.165) is 6.42 Å². The average Bonchev–Trinajstić information content (AvgIpc) is 3.12. The zero-order chi connectivity index (χ0) is 21.7. The number of β-amino-alcohol motifs (C(OH)–C–C–N with tert-alkyl or cyclic N) is 1. The highest BCUT2D eigenvalue weighted by atomic mass is 35.5. The molecule has 0 saturated carbocycles. The first-order chi connectivity index (χ1) is 14.3. The van der Waals surface area contributed by atoms with Crippen molar-refractivity contribution in [3.63, 3.8) is 0 Å². The predicted octanol–water partition coefficient (Wildman–Crippen LogP) is 4.14. The number of alkyl halides is 1. The molecule has 1 amide bonds. The van der Waals surface area contributed by atoms with E-state index in [1.165, 1.54) is 25.1 Å². The lowest BCUT2D eigenvalue weighted by molar-refractivity contribution is -0.114. The first-order valence-corrected chi connectivity index (χ1v) is 10.3. The van der Waals surface area contributed by atoms with Crippen molar-refractivity contribution in [2.75, 3.05) is 25.0 Å². The van der Waals surface area contributed by atoms with Gasteiger partial charge in [0.15, 0.2) is 0 Å².